The molecule has 0 bridgehead atoms. The Morgan fingerprint density at radius 1 is 0.872 bits per heavy atom. The van der Waals surface area contributed by atoms with Crippen LogP contribution in [0.15, 0.2) is 103 Å². The molecule has 2 heterocycles. The van der Waals surface area contributed by atoms with Gasteiger partial charge in [-0.25, -0.2) is 0 Å². The van der Waals surface area contributed by atoms with Crippen molar-refractivity contribution in [3.8, 4) is 17.1 Å². The van der Waals surface area contributed by atoms with E-state index in [0.29, 0.717) is 29.4 Å². The normalized spacial score (nSPS) is 11.4. The van der Waals surface area contributed by atoms with Crippen molar-refractivity contribution in [2.75, 3.05) is 5.32 Å². The number of carbonyl (C=O) groups excluding carboxylic acids is 1. The molecule has 0 atom stereocenters. The van der Waals surface area contributed by atoms with Gasteiger partial charge in [0.05, 0.1) is 16.8 Å². The van der Waals surface area contributed by atoms with Gasteiger partial charge in [-0.1, -0.05) is 30.3 Å². The Morgan fingerprint density at radius 2 is 1.62 bits per heavy atom. The Morgan fingerprint density at radius 3 is 2.38 bits per heavy atom. The molecule has 5 rings (SSSR count). The standard InChI is InChI=1S/C31H26F3N3O2/c1-21-17-27(22(2)37(21)29-14-4-3-13-28(29)31(32,33)34)30(38)35-24-10-8-12-26(19-24)39-20-23-9-7-11-25(18-23)36-15-5-6-16-36/h3-19H,20H2,1-2H3,(H,35,38). The van der Waals surface area contributed by atoms with Crippen LogP contribution in [0.1, 0.15) is 32.9 Å². The van der Waals surface area contributed by atoms with E-state index in [2.05, 4.69) is 5.32 Å². The molecular weight excluding hydrogens is 503 g/mol. The van der Waals surface area contributed by atoms with E-state index in [4.69, 9.17) is 4.74 Å². The van der Waals surface area contributed by atoms with Crippen LogP contribution in [-0.2, 0) is 12.8 Å². The number of ether oxygens (including phenoxy) is 1. The average molecular weight is 530 g/mol. The Bertz CT molecular complexity index is 1620. The van der Waals surface area contributed by atoms with Gasteiger partial charge in [0, 0.05) is 41.2 Å². The summed E-state index contributed by atoms with van der Waals surface area (Å²) in [7, 11) is 0. The topological polar surface area (TPSA) is 48.2 Å². The van der Waals surface area contributed by atoms with Gasteiger partial charge in [-0.2, -0.15) is 13.2 Å². The predicted octanol–water partition coefficient (Wildman–Crippen LogP) is 7.73. The Balaban J connectivity index is 1.32. The van der Waals surface area contributed by atoms with Crippen LogP contribution in [0.5, 0.6) is 5.75 Å². The summed E-state index contributed by atoms with van der Waals surface area (Å²) in [5, 5.41) is 2.84. The van der Waals surface area contributed by atoms with Crippen LogP contribution in [0.2, 0.25) is 0 Å². The minimum absolute atomic E-state index is 0.0182. The first-order chi connectivity index (χ1) is 18.7. The second-order valence-electron chi connectivity index (χ2n) is 9.17. The molecule has 5 nitrogen and oxygen atoms in total. The van der Waals surface area contributed by atoms with Crippen molar-refractivity contribution >= 4 is 11.6 Å². The quantitative estimate of drug-likeness (QED) is 0.235. The number of hydrogen-bond acceptors (Lipinski definition) is 2. The highest BCUT2D eigenvalue weighted by molar-refractivity contribution is 6.05. The van der Waals surface area contributed by atoms with Gasteiger partial charge in [-0.05, 0) is 74.0 Å². The summed E-state index contributed by atoms with van der Waals surface area (Å²) in [4.78, 5) is 13.2. The number of para-hydroxylation sites is 1. The lowest BCUT2D eigenvalue weighted by atomic mass is 10.1. The van der Waals surface area contributed by atoms with Gasteiger partial charge in [-0.15, -0.1) is 0 Å². The molecule has 0 unspecified atom stereocenters. The zero-order valence-corrected chi connectivity index (χ0v) is 21.4. The van der Waals surface area contributed by atoms with E-state index in [1.807, 2.05) is 53.4 Å². The number of hydrogen-bond donors (Lipinski definition) is 1. The second-order valence-corrected chi connectivity index (χ2v) is 9.17. The molecule has 0 spiro atoms. The van der Waals surface area contributed by atoms with Gasteiger partial charge >= 0.3 is 6.18 Å². The number of anilines is 1. The number of halogens is 3. The van der Waals surface area contributed by atoms with Gasteiger partial charge in [0.25, 0.3) is 5.91 Å². The van der Waals surface area contributed by atoms with Gasteiger partial charge in [-0.3, -0.25) is 4.79 Å². The number of benzene rings is 3. The highest BCUT2D eigenvalue weighted by atomic mass is 19.4. The lowest BCUT2D eigenvalue weighted by molar-refractivity contribution is -0.137. The molecule has 0 saturated heterocycles. The molecule has 0 fully saturated rings. The van der Waals surface area contributed by atoms with E-state index >= 15 is 0 Å². The van der Waals surface area contributed by atoms with E-state index in [1.54, 1.807) is 50.2 Å². The molecule has 1 N–H and O–H groups in total. The largest absolute Gasteiger partial charge is 0.489 e. The molecule has 8 heteroatoms. The molecular formula is C31H26F3N3O2. The molecule has 1 amide bonds. The SMILES string of the molecule is Cc1cc(C(=O)Nc2cccc(OCc3cccc(-n4cccc4)c3)c2)c(C)n1-c1ccccc1C(F)(F)F. The summed E-state index contributed by atoms with van der Waals surface area (Å²) in [6, 6.07) is 25.9. The number of alkyl halides is 3. The average Bonchev–Trinajstić information content (AvgIpc) is 3.55. The summed E-state index contributed by atoms with van der Waals surface area (Å²) in [6.45, 7) is 3.65. The molecule has 2 aromatic heterocycles. The molecule has 0 aliphatic heterocycles. The lowest BCUT2D eigenvalue weighted by Crippen LogP contribution is -2.15. The fraction of sp³-hybridized carbons (Fsp3) is 0.129. The number of rotatable bonds is 7. The maximum absolute atomic E-state index is 13.6. The van der Waals surface area contributed by atoms with Crippen LogP contribution >= 0.6 is 0 Å². The summed E-state index contributed by atoms with van der Waals surface area (Å²) in [5.41, 5.74) is 2.97. The van der Waals surface area contributed by atoms with Crippen LogP contribution in [0.4, 0.5) is 18.9 Å². The number of aromatic nitrogens is 2. The third-order valence-electron chi connectivity index (χ3n) is 6.44. The van der Waals surface area contributed by atoms with Gasteiger partial charge in [0.1, 0.15) is 12.4 Å². The first kappa shape index (κ1) is 25.9. The van der Waals surface area contributed by atoms with Crippen molar-refractivity contribution in [3.05, 3.63) is 131 Å². The first-order valence-electron chi connectivity index (χ1n) is 12.3. The van der Waals surface area contributed by atoms with Gasteiger partial charge in [0.2, 0.25) is 0 Å². The highest BCUT2D eigenvalue weighted by Gasteiger charge is 2.34. The number of nitrogens with one attached hydrogen (secondary N) is 1. The molecule has 39 heavy (non-hydrogen) atoms. The van der Waals surface area contributed by atoms with Crippen molar-refractivity contribution in [2.24, 2.45) is 0 Å². The van der Waals surface area contributed by atoms with E-state index in [1.165, 1.54) is 16.7 Å². The van der Waals surface area contributed by atoms with Crippen molar-refractivity contribution in [1.82, 2.24) is 9.13 Å². The van der Waals surface area contributed by atoms with E-state index in [0.717, 1.165) is 17.3 Å². The number of nitrogens with zero attached hydrogens (tertiary/aromatic N) is 2. The van der Waals surface area contributed by atoms with Gasteiger partial charge in [0.15, 0.2) is 0 Å². The molecule has 0 aliphatic rings. The zero-order chi connectivity index (χ0) is 27.6. The predicted molar refractivity (Wildman–Crippen MR) is 145 cm³/mol. The molecule has 5 aromatic rings. The number of amides is 1. The molecule has 0 aliphatic carbocycles. The zero-order valence-electron chi connectivity index (χ0n) is 21.4. The van der Waals surface area contributed by atoms with Crippen molar-refractivity contribution in [1.29, 1.82) is 0 Å². The lowest BCUT2D eigenvalue weighted by Gasteiger charge is -2.17. The van der Waals surface area contributed by atoms with Crippen LogP contribution in [0.3, 0.4) is 0 Å². The van der Waals surface area contributed by atoms with Crippen molar-refractivity contribution in [3.63, 3.8) is 0 Å². The maximum Gasteiger partial charge on any atom is 0.418 e. The fourth-order valence-electron chi connectivity index (χ4n) is 4.61. The monoisotopic (exact) mass is 529 g/mol. The third kappa shape index (κ3) is 5.60. The fourth-order valence-corrected chi connectivity index (χ4v) is 4.61. The number of aryl methyl sites for hydroxylation is 1. The third-order valence-corrected chi connectivity index (χ3v) is 6.44. The van der Waals surface area contributed by atoms with Crippen molar-refractivity contribution in [2.45, 2.75) is 26.6 Å². The van der Waals surface area contributed by atoms with E-state index in [-0.39, 0.29) is 11.3 Å². The highest BCUT2D eigenvalue weighted by Crippen LogP contribution is 2.35. The van der Waals surface area contributed by atoms with Crippen LogP contribution in [0.25, 0.3) is 11.4 Å². The summed E-state index contributed by atoms with van der Waals surface area (Å²) in [6.07, 6.45) is -0.580. The van der Waals surface area contributed by atoms with Gasteiger partial charge < -0.3 is 19.2 Å². The summed E-state index contributed by atoms with van der Waals surface area (Å²) in [5.74, 6) is 0.152. The Hall–Kier alpha value is -4.72. The Labute approximate surface area is 224 Å². The van der Waals surface area contributed by atoms with Crippen LogP contribution in [0, 0.1) is 13.8 Å². The summed E-state index contributed by atoms with van der Waals surface area (Å²) >= 11 is 0. The minimum atomic E-state index is -4.52. The van der Waals surface area contributed by atoms with Crippen LogP contribution in [-0.4, -0.2) is 15.0 Å². The summed E-state index contributed by atoms with van der Waals surface area (Å²) < 4.78 is 50.4. The first-order valence-corrected chi connectivity index (χ1v) is 12.3. The maximum atomic E-state index is 13.6. The molecule has 3 aromatic carbocycles. The minimum Gasteiger partial charge on any atom is -0.489 e. The molecule has 0 radical (unpaired) electrons. The van der Waals surface area contributed by atoms with E-state index < -0.39 is 17.6 Å². The molecule has 198 valence electrons. The molecule has 0 saturated carbocycles. The van der Waals surface area contributed by atoms with Crippen LogP contribution < -0.4 is 10.1 Å². The second kappa shape index (κ2) is 10.6. The smallest absolute Gasteiger partial charge is 0.418 e. The van der Waals surface area contributed by atoms with E-state index in [9.17, 15) is 18.0 Å². The Kier molecular flexibility index (Phi) is 7.02. The number of carbonyl (C=O) groups is 1. The van der Waals surface area contributed by atoms with Crippen molar-refractivity contribution < 1.29 is 22.7 Å².